The summed E-state index contributed by atoms with van der Waals surface area (Å²) in [6, 6.07) is 11.9. The Morgan fingerprint density at radius 2 is 1.65 bits per heavy atom. The number of halogens is 2. The van der Waals surface area contributed by atoms with Crippen LogP contribution >= 0.6 is 27.5 Å². The highest BCUT2D eigenvalue weighted by molar-refractivity contribution is 9.09. The first-order chi connectivity index (χ1) is 9.56. The van der Waals surface area contributed by atoms with E-state index >= 15 is 0 Å². The highest BCUT2D eigenvalue weighted by Crippen LogP contribution is 2.39. The second-order valence-electron chi connectivity index (χ2n) is 4.50. The fourth-order valence-corrected chi connectivity index (χ4v) is 2.98. The standard InChI is InChI=1S/C16H16BrClO2/c1-10-4-6-14(19-2)12(8-10)16(17)11-5-7-15(20-3)13(18)9-11/h4-9,16H,1-3H3. The average Bonchev–Trinajstić information content (AvgIpc) is 2.46. The topological polar surface area (TPSA) is 18.5 Å². The van der Waals surface area contributed by atoms with E-state index in [0.29, 0.717) is 10.8 Å². The van der Waals surface area contributed by atoms with Crippen LogP contribution in [0.2, 0.25) is 5.02 Å². The van der Waals surface area contributed by atoms with Crippen molar-refractivity contribution in [3.05, 3.63) is 58.1 Å². The lowest BCUT2D eigenvalue weighted by Crippen LogP contribution is -1.98. The van der Waals surface area contributed by atoms with Crippen molar-refractivity contribution in [1.29, 1.82) is 0 Å². The summed E-state index contributed by atoms with van der Waals surface area (Å²) in [6.07, 6.45) is 0. The van der Waals surface area contributed by atoms with Crippen LogP contribution in [0.15, 0.2) is 36.4 Å². The molecule has 20 heavy (non-hydrogen) atoms. The number of hydrogen-bond acceptors (Lipinski definition) is 2. The quantitative estimate of drug-likeness (QED) is 0.706. The summed E-state index contributed by atoms with van der Waals surface area (Å²) in [7, 11) is 3.28. The van der Waals surface area contributed by atoms with Gasteiger partial charge in [-0.1, -0.05) is 51.3 Å². The maximum absolute atomic E-state index is 6.19. The number of aryl methyl sites for hydroxylation is 1. The molecule has 0 aromatic heterocycles. The van der Waals surface area contributed by atoms with Gasteiger partial charge in [-0.3, -0.25) is 0 Å². The van der Waals surface area contributed by atoms with Gasteiger partial charge in [0.05, 0.1) is 24.1 Å². The smallest absolute Gasteiger partial charge is 0.137 e. The monoisotopic (exact) mass is 354 g/mol. The van der Waals surface area contributed by atoms with Gasteiger partial charge in [0.1, 0.15) is 11.5 Å². The highest BCUT2D eigenvalue weighted by Gasteiger charge is 2.16. The molecule has 2 aromatic carbocycles. The highest BCUT2D eigenvalue weighted by atomic mass is 79.9. The number of hydrogen-bond donors (Lipinski definition) is 0. The van der Waals surface area contributed by atoms with Crippen LogP contribution in [-0.4, -0.2) is 14.2 Å². The molecule has 4 heteroatoms. The third kappa shape index (κ3) is 3.10. The minimum absolute atomic E-state index is 0.0146. The van der Waals surface area contributed by atoms with Crippen LogP contribution in [0.1, 0.15) is 21.5 Å². The molecule has 0 saturated heterocycles. The van der Waals surface area contributed by atoms with E-state index in [1.165, 1.54) is 5.56 Å². The van der Waals surface area contributed by atoms with E-state index in [1.54, 1.807) is 14.2 Å². The molecule has 2 rings (SSSR count). The Labute approximate surface area is 132 Å². The lowest BCUT2D eigenvalue weighted by Gasteiger charge is -2.16. The molecule has 1 atom stereocenters. The minimum Gasteiger partial charge on any atom is -0.496 e. The van der Waals surface area contributed by atoms with E-state index in [9.17, 15) is 0 Å². The zero-order valence-corrected chi connectivity index (χ0v) is 14.0. The average molecular weight is 356 g/mol. The van der Waals surface area contributed by atoms with Crippen LogP contribution in [0.25, 0.3) is 0 Å². The van der Waals surface area contributed by atoms with Crippen molar-refractivity contribution in [2.24, 2.45) is 0 Å². The molecule has 0 aliphatic carbocycles. The largest absolute Gasteiger partial charge is 0.496 e. The number of methoxy groups -OCH3 is 2. The molecule has 106 valence electrons. The molecule has 2 aromatic rings. The van der Waals surface area contributed by atoms with E-state index in [-0.39, 0.29) is 4.83 Å². The third-order valence-electron chi connectivity index (χ3n) is 3.13. The van der Waals surface area contributed by atoms with Crippen LogP contribution in [-0.2, 0) is 0 Å². The zero-order valence-electron chi connectivity index (χ0n) is 11.6. The second-order valence-corrected chi connectivity index (χ2v) is 5.82. The molecule has 2 nitrogen and oxygen atoms in total. The van der Waals surface area contributed by atoms with Crippen molar-refractivity contribution in [2.45, 2.75) is 11.8 Å². The molecule has 0 aliphatic rings. The van der Waals surface area contributed by atoms with E-state index in [4.69, 9.17) is 21.1 Å². The summed E-state index contributed by atoms with van der Waals surface area (Å²) in [5.74, 6) is 1.52. The molecule has 1 unspecified atom stereocenters. The Morgan fingerprint density at radius 3 is 2.25 bits per heavy atom. The van der Waals surface area contributed by atoms with Crippen molar-refractivity contribution in [3.63, 3.8) is 0 Å². The number of alkyl halides is 1. The van der Waals surface area contributed by atoms with E-state index in [2.05, 4.69) is 28.9 Å². The molecule has 0 fully saturated rings. The first-order valence-electron chi connectivity index (χ1n) is 6.19. The van der Waals surface area contributed by atoms with Crippen LogP contribution in [0.4, 0.5) is 0 Å². The van der Waals surface area contributed by atoms with Gasteiger partial charge >= 0.3 is 0 Å². The predicted octanol–water partition coefficient (Wildman–Crippen LogP) is 5.15. The van der Waals surface area contributed by atoms with Crippen molar-refractivity contribution in [2.75, 3.05) is 14.2 Å². The Morgan fingerprint density at radius 1 is 1.00 bits per heavy atom. The molecule has 0 spiro atoms. The van der Waals surface area contributed by atoms with E-state index in [0.717, 1.165) is 16.9 Å². The first-order valence-corrected chi connectivity index (χ1v) is 7.48. The van der Waals surface area contributed by atoms with Gasteiger partial charge in [0, 0.05) is 5.56 Å². The summed E-state index contributed by atoms with van der Waals surface area (Å²) in [6.45, 7) is 2.06. The van der Waals surface area contributed by atoms with Gasteiger partial charge < -0.3 is 9.47 Å². The third-order valence-corrected chi connectivity index (χ3v) is 4.44. The van der Waals surface area contributed by atoms with E-state index < -0.39 is 0 Å². The van der Waals surface area contributed by atoms with Crippen LogP contribution in [0, 0.1) is 6.92 Å². The van der Waals surface area contributed by atoms with Crippen molar-refractivity contribution < 1.29 is 9.47 Å². The summed E-state index contributed by atoms with van der Waals surface area (Å²) in [5, 5.41) is 0.598. The number of rotatable bonds is 4. The van der Waals surface area contributed by atoms with Crippen molar-refractivity contribution >= 4 is 27.5 Å². The Kier molecular flexibility index (Phi) is 4.95. The van der Waals surface area contributed by atoms with Crippen molar-refractivity contribution in [1.82, 2.24) is 0 Å². The van der Waals surface area contributed by atoms with Crippen LogP contribution in [0.5, 0.6) is 11.5 Å². The first kappa shape index (κ1) is 15.2. The zero-order chi connectivity index (χ0) is 14.7. The van der Waals surface area contributed by atoms with Crippen LogP contribution < -0.4 is 9.47 Å². The summed E-state index contributed by atoms with van der Waals surface area (Å²) in [5.41, 5.74) is 3.32. The number of ether oxygens (including phenoxy) is 2. The minimum atomic E-state index is 0.0146. The second kappa shape index (κ2) is 6.51. The molecule has 0 radical (unpaired) electrons. The van der Waals surface area contributed by atoms with Gasteiger partial charge in [0.2, 0.25) is 0 Å². The molecule has 0 N–H and O–H groups in total. The summed E-state index contributed by atoms with van der Waals surface area (Å²) in [4.78, 5) is 0.0146. The van der Waals surface area contributed by atoms with Crippen LogP contribution in [0.3, 0.4) is 0 Å². The Balaban J connectivity index is 2.43. The summed E-state index contributed by atoms with van der Waals surface area (Å²) >= 11 is 9.91. The van der Waals surface area contributed by atoms with Gasteiger partial charge in [-0.05, 0) is 30.7 Å². The fourth-order valence-electron chi connectivity index (χ4n) is 2.07. The maximum atomic E-state index is 6.19. The predicted molar refractivity (Wildman–Crippen MR) is 86.5 cm³/mol. The molecular formula is C16H16BrClO2. The molecule has 0 heterocycles. The molecule has 0 saturated carbocycles. The Bertz CT molecular complexity index is 613. The van der Waals surface area contributed by atoms with Gasteiger partial charge in [-0.15, -0.1) is 0 Å². The molecule has 0 aliphatic heterocycles. The molecular weight excluding hydrogens is 340 g/mol. The Hall–Kier alpha value is -1.19. The van der Waals surface area contributed by atoms with Gasteiger partial charge in [0.25, 0.3) is 0 Å². The SMILES string of the molecule is COc1ccc(C(Br)c2cc(C)ccc2OC)cc1Cl. The lowest BCUT2D eigenvalue weighted by atomic mass is 10.0. The molecule has 0 amide bonds. The lowest BCUT2D eigenvalue weighted by molar-refractivity contribution is 0.410. The fraction of sp³-hybridized carbons (Fsp3) is 0.250. The normalized spacial score (nSPS) is 12.1. The van der Waals surface area contributed by atoms with Crippen molar-refractivity contribution in [3.8, 4) is 11.5 Å². The number of benzene rings is 2. The molecule has 0 bridgehead atoms. The van der Waals surface area contributed by atoms with Gasteiger partial charge in [-0.25, -0.2) is 0 Å². The summed E-state index contributed by atoms with van der Waals surface area (Å²) < 4.78 is 10.6. The van der Waals surface area contributed by atoms with Gasteiger partial charge in [-0.2, -0.15) is 0 Å². The maximum Gasteiger partial charge on any atom is 0.137 e. The van der Waals surface area contributed by atoms with Gasteiger partial charge in [0.15, 0.2) is 0 Å². The van der Waals surface area contributed by atoms with E-state index in [1.807, 2.05) is 30.3 Å².